The molecule has 8 nitrogen and oxygen atoms in total. The van der Waals surface area contributed by atoms with Crippen LogP contribution >= 0.6 is 27.5 Å². The van der Waals surface area contributed by atoms with Crippen LogP contribution < -0.4 is 5.73 Å². The zero-order valence-electron chi connectivity index (χ0n) is 10.6. The summed E-state index contributed by atoms with van der Waals surface area (Å²) in [6, 6.07) is -0.670. The molecule has 3 heterocycles. The van der Waals surface area contributed by atoms with Gasteiger partial charge >= 0.3 is 0 Å². The summed E-state index contributed by atoms with van der Waals surface area (Å²) in [4.78, 5) is 11.2. The first kappa shape index (κ1) is 15.2. The lowest BCUT2D eigenvalue weighted by molar-refractivity contribution is -0.158. The van der Waals surface area contributed by atoms with Crippen LogP contribution in [-0.2, 0) is 9.47 Å². The van der Waals surface area contributed by atoms with E-state index in [1.54, 1.807) is 0 Å². The highest BCUT2D eigenvalue weighted by Crippen LogP contribution is 2.39. The molecule has 4 unspecified atom stereocenters. The van der Waals surface area contributed by atoms with Crippen LogP contribution in [0.25, 0.3) is 0 Å². The molecule has 21 heavy (non-hydrogen) atoms. The molecule has 0 aromatic carbocycles. The van der Waals surface area contributed by atoms with E-state index < -0.39 is 41.4 Å². The van der Waals surface area contributed by atoms with Crippen LogP contribution in [-0.4, -0.2) is 61.9 Å². The monoisotopic (exact) mass is 381 g/mol. The Bertz CT molecular complexity index is 570. The van der Waals surface area contributed by atoms with E-state index in [4.69, 9.17) is 26.8 Å². The number of alkyl halides is 1. The van der Waals surface area contributed by atoms with Crippen LogP contribution in [0, 0.1) is 0 Å². The van der Waals surface area contributed by atoms with E-state index in [1.807, 2.05) is 0 Å². The Kier molecular flexibility index (Phi) is 3.97. The van der Waals surface area contributed by atoms with Gasteiger partial charge in [0.2, 0.25) is 0 Å². The van der Waals surface area contributed by atoms with Crippen LogP contribution in [0.15, 0.2) is 6.20 Å². The third kappa shape index (κ3) is 2.47. The lowest BCUT2D eigenvalue weighted by Crippen LogP contribution is -2.53. The summed E-state index contributed by atoms with van der Waals surface area (Å²) in [6.07, 6.45) is -1.63. The Balaban J connectivity index is 1.98. The first-order valence-corrected chi connectivity index (χ1v) is 7.51. The number of carbonyl (C=O) groups excluding carboxylic acids is 1. The molecule has 1 aromatic heterocycles. The maximum absolute atomic E-state index is 11.2. The van der Waals surface area contributed by atoms with Gasteiger partial charge in [-0.25, -0.2) is 0 Å². The highest BCUT2D eigenvalue weighted by atomic mass is 79.9. The quantitative estimate of drug-likeness (QED) is 0.589. The lowest BCUT2D eigenvalue weighted by Gasteiger charge is -2.39. The third-order valence-electron chi connectivity index (χ3n) is 3.63. The first-order chi connectivity index (χ1) is 9.90. The van der Waals surface area contributed by atoms with Crippen molar-refractivity contribution in [1.82, 2.24) is 9.78 Å². The van der Waals surface area contributed by atoms with Crippen molar-refractivity contribution in [2.24, 2.45) is 5.73 Å². The molecule has 2 aliphatic rings. The maximum atomic E-state index is 11.2. The fourth-order valence-electron chi connectivity index (χ4n) is 2.66. The van der Waals surface area contributed by atoms with Crippen molar-refractivity contribution in [2.45, 2.75) is 35.5 Å². The fraction of sp³-hybridized carbons (Fsp3) is 0.636. The van der Waals surface area contributed by atoms with Gasteiger partial charge in [-0.1, -0.05) is 27.5 Å². The van der Waals surface area contributed by atoms with Gasteiger partial charge < -0.3 is 25.4 Å². The minimum Gasteiger partial charge on any atom is -0.388 e. The number of aliphatic hydroxyl groups is 2. The number of ether oxygens (including phenoxy) is 2. The van der Waals surface area contributed by atoms with Crippen molar-refractivity contribution in [1.29, 1.82) is 0 Å². The summed E-state index contributed by atoms with van der Waals surface area (Å²) < 4.78 is 12.3. The van der Waals surface area contributed by atoms with Crippen LogP contribution in [0.3, 0.4) is 0 Å². The number of hydrogen-bond acceptors (Lipinski definition) is 6. The Hall–Kier alpha value is -0.710. The molecular formula is C11H13BrClN3O5. The average molecular weight is 383 g/mol. The van der Waals surface area contributed by atoms with E-state index >= 15 is 0 Å². The number of aromatic nitrogens is 2. The van der Waals surface area contributed by atoms with E-state index in [-0.39, 0.29) is 17.3 Å². The van der Waals surface area contributed by atoms with Crippen molar-refractivity contribution in [3.63, 3.8) is 0 Å². The van der Waals surface area contributed by atoms with E-state index in [0.29, 0.717) is 0 Å². The Morgan fingerprint density at radius 1 is 1.52 bits per heavy atom. The van der Waals surface area contributed by atoms with Gasteiger partial charge in [-0.3, -0.25) is 9.48 Å². The Morgan fingerprint density at radius 3 is 2.86 bits per heavy atom. The number of amides is 1. The predicted octanol–water partition coefficient (Wildman–Crippen LogP) is -0.583. The summed E-state index contributed by atoms with van der Waals surface area (Å²) in [5.74, 6) is -0.764. The van der Waals surface area contributed by atoms with Gasteiger partial charge in [-0.15, -0.1) is 0 Å². The van der Waals surface area contributed by atoms with Gasteiger partial charge in [0.05, 0.1) is 11.6 Å². The molecular weight excluding hydrogens is 369 g/mol. The number of fused-ring (bicyclic) bond motifs is 1. The van der Waals surface area contributed by atoms with Gasteiger partial charge in [-0.2, -0.15) is 5.10 Å². The Labute approximate surface area is 132 Å². The van der Waals surface area contributed by atoms with Gasteiger partial charge in [0, 0.05) is 6.20 Å². The number of rotatable bonds is 2. The molecule has 2 fully saturated rings. The van der Waals surface area contributed by atoms with E-state index in [2.05, 4.69) is 21.0 Å². The summed E-state index contributed by atoms with van der Waals surface area (Å²) in [7, 11) is 0. The van der Waals surface area contributed by atoms with Crippen molar-refractivity contribution in [3.05, 3.63) is 16.9 Å². The van der Waals surface area contributed by atoms with Crippen molar-refractivity contribution in [2.75, 3.05) is 6.61 Å². The second-order valence-electron chi connectivity index (χ2n) is 4.97. The number of carbonyl (C=O) groups is 1. The molecule has 0 bridgehead atoms. The topological polar surface area (TPSA) is 120 Å². The largest absolute Gasteiger partial charge is 0.388 e. The van der Waals surface area contributed by atoms with Gasteiger partial charge in [0.25, 0.3) is 5.91 Å². The molecule has 0 spiro atoms. The number of nitrogens with zero attached hydrogens (tertiary/aromatic N) is 2. The highest BCUT2D eigenvalue weighted by Gasteiger charge is 2.52. The Morgan fingerprint density at radius 2 is 2.24 bits per heavy atom. The number of nitrogens with two attached hydrogens (primary N) is 1. The molecule has 10 heteroatoms. The van der Waals surface area contributed by atoms with Crippen LogP contribution in [0.4, 0.5) is 0 Å². The van der Waals surface area contributed by atoms with Gasteiger partial charge in [0.15, 0.2) is 5.69 Å². The minimum absolute atomic E-state index is 0.0856. The first-order valence-electron chi connectivity index (χ1n) is 6.22. The van der Waals surface area contributed by atoms with E-state index in [9.17, 15) is 15.0 Å². The summed E-state index contributed by atoms with van der Waals surface area (Å²) in [5.41, 5.74) is 5.09. The smallest absolute Gasteiger partial charge is 0.270 e. The summed E-state index contributed by atoms with van der Waals surface area (Å²) in [6.45, 7) is 0.0932. The standard InChI is InChI=1S/C11H13BrClN3O5/c12-10-7(18)6(9-8(21-10)4(17)2-20-9)16-1-3(13)5(15-16)11(14)19/h1,4,6-10,17-18H,2H2,(H2,14,19)/t4?,6?,7?,8?,9-,10-/m1/s1. The normalized spacial score (nSPS) is 39.2. The van der Waals surface area contributed by atoms with Crippen molar-refractivity contribution < 1.29 is 24.5 Å². The highest BCUT2D eigenvalue weighted by molar-refractivity contribution is 9.09. The predicted molar refractivity (Wildman–Crippen MR) is 74.1 cm³/mol. The average Bonchev–Trinajstić information content (AvgIpc) is 2.96. The van der Waals surface area contributed by atoms with Gasteiger partial charge in [0.1, 0.15) is 35.5 Å². The van der Waals surface area contributed by atoms with E-state index in [1.165, 1.54) is 10.9 Å². The molecule has 1 amide bonds. The summed E-state index contributed by atoms with van der Waals surface area (Å²) >= 11 is 9.12. The molecule has 0 aliphatic carbocycles. The zero-order chi connectivity index (χ0) is 15.3. The molecule has 2 saturated heterocycles. The molecule has 1 aromatic rings. The van der Waals surface area contributed by atoms with Crippen LogP contribution in [0.1, 0.15) is 16.5 Å². The molecule has 6 atom stereocenters. The number of primary amides is 1. The van der Waals surface area contributed by atoms with Crippen LogP contribution in [0.5, 0.6) is 0 Å². The zero-order valence-corrected chi connectivity index (χ0v) is 12.9. The third-order valence-corrected chi connectivity index (χ3v) is 4.66. The van der Waals surface area contributed by atoms with Gasteiger partial charge in [-0.05, 0) is 0 Å². The second kappa shape index (κ2) is 5.49. The maximum Gasteiger partial charge on any atom is 0.270 e. The number of hydrogen-bond donors (Lipinski definition) is 3. The number of aliphatic hydroxyl groups excluding tert-OH is 2. The van der Waals surface area contributed by atoms with Crippen molar-refractivity contribution in [3.8, 4) is 0 Å². The molecule has 0 radical (unpaired) electrons. The summed E-state index contributed by atoms with van der Waals surface area (Å²) in [5, 5.41) is 23.6. The SMILES string of the molecule is NC(=O)c1nn(C2C(O)[C@H](Br)OC3C(O)CO[C@@H]32)cc1Cl. The fourth-order valence-corrected chi connectivity index (χ4v) is 3.45. The molecule has 2 aliphatic heterocycles. The van der Waals surface area contributed by atoms with Crippen LogP contribution in [0.2, 0.25) is 5.02 Å². The van der Waals surface area contributed by atoms with E-state index in [0.717, 1.165) is 0 Å². The molecule has 0 saturated carbocycles. The molecule has 116 valence electrons. The second-order valence-corrected chi connectivity index (χ2v) is 6.28. The minimum atomic E-state index is -1.01. The lowest BCUT2D eigenvalue weighted by atomic mass is 9.96. The van der Waals surface area contributed by atoms with Crippen molar-refractivity contribution >= 4 is 33.4 Å². The number of halogens is 2. The molecule has 4 N–H and O–H groups in total. The molecule has 3 rings (SSSR count).